The summed E-state index contributed by atoms with van der Waals surface area (Å²) in [6, 6.07) is 18.7. The first-order chi connectivity index (χ1) is 15.3. The molecule has 3 aromatic carbocycles. The minimum Gasteiger partial charge on any atom is -0.484 e. The second-order valence-corrected chi connectivity index (χ2v) is 9.09. The van der Waals surface area contributed by atoms with Crippen molar-refractivity contribution in [1.82, 2.24) is 0 Å². The highest BCUT2D eigenvalue weighted by atomic mass is 79.9. The lowest BCUT2D eigenvalue weighted by atomic mass is 10.2. The van der Waals surface area contributed by atoms with Gasteiger partial charge in [-0.2, -0.15) is 0 Å². The van der Waals surface area contributed by atoms with Crippen LogP contribution in [0.3, 0.4) is 0 Å². The molecule has 0 bridgehead atoms. The van der Waals surface area contributed by atoms with E-state index in [0.717, 1.165) is 4.47 Å². The van der Waals surface area contributed by atoms with Crippen molar-refractivity contribution in [2.75, 3.05) is 23.8 Å². The number of methoxy groups -OCH3 is 1. The van der Waals surface area contributed by atoms with Gasteiger partial charge < -0.3 is 14.8 Å². The molecule has 1 amide bonds. The third-order valence-corrected chi connectivity index (χ3v) is 6.12. The number of ether oxygens (including phenoxy) is 2. The second kappa shape index (κ2) is 10.3. The largest absolute Gasteiger partial charge is 0.484 e. The van der Waals surface area contributed by atoms with E-state index in [9.17, 15) is 18.0 Å². The van der Waals surface area contributed by atoms with Crippen molar-refractivity contribution in [2.45, 2.75) is 4.90 Å². The molecule has 32 heavy (non-hydrogen) atoms. The molecule has 8 nitrogen and oxygen atoms in total. The molecule has 0 fully saturated rings. The van der Waals surface area contributed by atoms with Crippen LogP contribution in [0.2, 0.25) is 0 Å². The molecule has 0 aliphatic heterocycles. The Bertz CT molecular complexity index is 1190. The summed E-state index contributed by atoms with van der Waals surface area (Å²) in [5.74, 6) is -0.545. The van der Waals surface area contributed by atoms with Gasteiger partial charge in [-0.25, -0.2) is 13.2 Å². The SMILES string of the molecule is COC(=O)c1ccc(NC(=O)COc2ccc(S(=O)(=O)Nc3ccc(Br)cc3)cc2)cc1. The topological polar surface area (TPSA) is 111 Å². The average Bonchev–Trinajstić information content (AvgIpc) is 2.79. The zero-order valence-electron chi connectivity index (χ0n) is 16.9. The molecule has 2 N–H and O–H groups in total. The molecule has 0 spiro atoms. The highest BCUT2D eigenvalue weighted by molar-refractivity contribution is 9.10. The van der Waals surface area contributed by atoms with Gasteiger partial charge >= 0.3 is 5.97 Å². The van der Waals surface area contributed by atoms with Gasteiger partial charge in [0.2, 0.25) is 0 Å². The fourth-order valence-corrected chi connectivity index (χ4v) is 3.92. The summed E-state index contributed by atoms with van der Waals surface area (Å²) in [6.07, 6.45) is 0. The van der Waals surface area contributed by atoms with Crippen molar-refractivity contribution in [3.8, 4) is 5.75 Å². The van der Waals surface area contributed by atoms with Crippen LogP contribution >= 0.6 is 15.9 Å². The number of benzene rings is 3. The first-order valence-corrected chi connectivity index (χ1v) is 11.5. The lowest BCUT2D eigenvalue weighted by Gasteiger charge is -2.10. The number of anilines is 2. The fraction of sp³-hybridized carbons (Fsp3) is 0.0909. The van der Waals surface area contributed by atoms with Crippen molar-refractivity contribution in [3.63, 3.8) is 0 Å². The summed E-state index contributed by atoms with van der Waals surface area (Å²) < 4.78 is 38.3. The number of esters is 1. The van der Waals surface area contributed by atoms with Gasteiger partial charge in [0.15, 0.2) is 6.61 Å². The summed E-state index contributed by atoms with van der Waals surface area (Å²) in [5.41, 5.74) is 1.29. The average molecular weight is 519 g/mol. The minimum absolute atomic E-state index is 0.0583. The van der Waals surface area contributed by atoms with Crippen LogP contribution in [0, 0.1) is 0 Å². The predicted octanol–water partition coefficient (Wildman–Crippen LogP) is 4.05. The third kappa shape index (κ3) is 6.32. The van der Waals surface area contributed by atoms with E-state index in [1.54, 1.807) is 36.4 Å². The van der Waals surface area contributed by atoms with E-state index in [1.165, 1.54) is 43.5 Å². The van der Waals surface area contributed by atoms with Crippen molar-refractivity contribution < 1.29 is 27.5 Å². The first-order valence-electron chi connectivity index (χ1n) is 9.26. The van der Waals surface area contributed by atoms with Gasteiger partial charge in [-0.1, -0.05) is 15.9 Å². The maximum absolute atomic E-state index is 12.5. The first kappa shape index (κ1) is 23.3. The van der Waals surface area contributed by atoms with Crippen molar-refractivity contribution in [3.05, 3.63) is 82.8 Å². The molecule has 0 saturated carbocycles. The summed E-state index contributed by atoms with van der Waals surface area (Å²) in [7, 11) is -2.47. The number of hydrogen-bond acceptors (Lipinski definition) is 6. The lowest BCUT2D eigenvalue weighted by Crippen LogP contribution is -2.20. The number of rotatable bonds is 8. The number of halogens is 1. The van der Waals surface area contributed by atoms with Crippen molar-refractivity contribution >= 4 is 49.2 Å². The van der Waals surface area contributed by atoms with Gasteiger partial charge in [-0.3, -0.25) is 9.52 Å². The normalized spacial score (nSPS) is 10.8. The maximum atomic E-state index is 12.5. The standard InChI is InChI=1S/C22H19BrN2O6S/c1-30-22(27)15-2-6-17(7-3-15)24-21(26)14-31-19-10-12-20(13-11-19)32(28,29)25-18-8-4-16(23)5-9-18/h2-13,25H,14H2,1H3,(H,24,26). The maximum Gasteiger partial charge on any atom is 0.337 e. The number of carbonyl (C=O) groups is 2. The Hall–Kier alpha value is -3.37. The van der Waals surface area contributed by atoms with Crippen LogP contribution in [0.25, 0.3) is 0 Å². The van der Waals surface area contributed by atoms with Crippen LogP contribution in [-0.4, -0.2) is 34.0 Å². The van der Waals surface area contributed by atoms with E-state index in [0.29, 0.717) is 22.7 Å². The molecule has 0 aliphatic rings. The molecule has 0 aromatic heterocycles. The number of nitrogens with one attached hydrogen (secondary N) is 2. The van der Waals surface area contributed by atoms with Gasteiger partial charge in [0.1, 0.15) is 5.75 Å². The Kier molecular flexibility index (Phi) is 7.49. The van der Waals surface area contributed by atoms with Gasteiger partial charge in [-0.15, -0.1) is 0 Å². The summed E-state index contributed by atoms with van der Waals surface area (Å²) in [4.78, 5) is 23.6. The monoisotopic (exact) mass is 518 g/mol. The van der Waals surface area contributed by atoms with E-state index in [4.69, 9.17) is 4.74 Å². The summed E-state index contributed by atoms with van der Waals surface area (Å²) >= 11 is 3.30. The second-order valence-electron chi connectivity index (χ2n) is 6.49. The summed E-state index contributed by atoms with van der Waals surface area (Å²) in [5, 5.41) is 2.64. The van der Waals surface area contributed by atoms with Gasteiger partial charge in [0.05, 0.1) is 17.6 Å². The fourth-order valence-electron chi connectivity index (χ4n) is 2.60. The third-order valence-electron chi connectivity index (χ3n) is 4.19. The van der Waals surface area contributed by atoms with Crippen LogP contribution in [0.15, 0.2) is 82.2 Å². The number of carbonyl (C=O) groups excluding carboxylic acids is 2. The number of sulfonamides is 1. The van der Waals surface area contributed by atoms with Crippen molar-refractivity contribution in [2.24, 2.45) is 0 Å². The highest BCUT2D eigenvalue weighted by Crippen LogP contribution is 2.21. The highest BCUT2D eigenvalue weighted by Gasteiger charge is 2.14. The van der Waals surface area contributed by atoms with Gasteiger partial charge in [0.25, 0.3) is 15.9 Å². The van der Waals surface area contributed by atoms with Gasteiger partial charge in [-0.05, 0) is 72.8 Å². The van der Waals surface area contributed by atoms with Crippen LogP contribution in [0.1, 0.15) is 10.4 Å². The van der Waals surface area contributed by atoms with Crippen LogP contribution < -0.4 is 14.8 Å². The molecule has 0 atom stereocenters. The Labute approximate surface area is 193 Å². The minimum atomic E-state index is -3.76. The van der Waals surface area contributed by atoms with E-state index < -0.39 is 21.9 Å². The quantitative estimate of drug-likeness (QED) is 0.435. The van der Waals surface area contributed by atoms with Gasteiger partial charge in [0, 0.05) is 15.8 Å². The molecule has 0 aliphatic carbocycles. The lowest BCUT2D eigenvalue weighted by molar-refractivity contribution is -0.118. The van der Waals surface area contributed by atoms with E-state index in [-0.39, 0.29) is 11.5 Å². The molecule has 0 heterocycles. The Morgan fingerprint density at radius 3 is 2.06 bits per heavy atom. The van der Waals surface area contributed by atoms with E-state index >= 15 is 0 Å². The molecule has 0 unspecified atom stereocenters. The Balaban J connectivity index is 1.54. The zero-order valence-corrected chi connectivity index (χ0v) is 19.3. The Morgan fingerprint density at radius 1 is 0.875 bits per heavy atom. The molecular formula is C22H19BrN2O6S. The smallest absolute Gasteiger partial charge is 0.337 e. The van der Waals surface area contributed by atoms with E-state index in [2.05, 4.69) is 30.7 Å². The molecule has 3 rings (SSSR count). The molecule has 0 radical (unpaired) electrons. The van der Waals surface area contributed by atoms with Crippen LogP contribution in [0.4, 0.5) is 11.4 Å². The predicted molar refractivity (Wildman–Crippen MR) is 123 cm³/mol. The zero-order chi connectivity index (χ0) is 23.1. The van der Waals surface area contributed by atoms with Crippen LogP contribution in [0.5, 0.6) is 5.75 Å². The Morgan fingerprint density at radius 2 is 1.47 bits per heavy atom. The van der Waals surface area contributed by atoms with E-state index in [1.807, 2.05) is 0 Å². The number of hydrogen-bond donors (Lipinski definition) is 2. The number of amides is 1. The van der Waals surface area contributed by atoms with Crippen LogP contribution in [-0.2, 0) is 19.6 Å². The molecule has 0 saturated heterocycles. The molecule has 10 heteroatoms. The summed E-state index contributed by atoms with van der Waals surface area (Å²) in [6.45, 7) is -0.276. The van der Waals surface area contributed by atoms with Crippen molar-refractivity contribution in [1.29, 1.82) is 0 Å². The molecular weight excluding hydrogens is 500 g/mol. The molecule has 3 aromatic rings. The molecule has 166 valence electrons.